The molecule has 2 heterocycles. The lowest BCUT2D eigenvalue weighted by atomic mass is 9.75. The van der Waals surface area contributed by atoms with Crippen molar-refractivity contribution in [3.8, 4) is 11.5 Å². The topological polar surface area (TPSA) is 67.9 Å². The van der Waals surface area contributed by atoms with Crippen LogP contribution in [0.3, 0.4) is 0 Å². The summed E-state index contributed by atoms with van der Waals surface area (Å²) in [5.41, 5.74) is 3.58. The van der Waals surface area contributed by atoms with Crippen molar-refractivity contribution < 1.29 is 19.1 Å². The van der Waals surface area contributed by atoms with E-state index in [-0.39, 0.29) is 23.9 Å². The Balaban J connectivity index is 1.59. The fourth-order valence-corrected chi connectivity index (χ4v) is 6.07. The molecule has 0 spiro atoms. The average Bonchev–Trinajstić information content (AvgIpc) is 3.13. The van der Waals surface area contributed by atoms with E-state index in [4.69, 9.17) is 9.47 Å². The van der Waals surface area contributed by atoms with E-state index < -0.39 is 5.92 Å². The normalized spacial score (nSPS) is 21.9. The van der Waals surface area contributed by atoms with Crippen LogP contribution in [0.15, 0.2) is 36.4 Å². The van der Waals surface area contributed by atoms with Crippen molar-refractivity contribution in [2.24, 2.45) is 0 Å². The van der Waals surface area contributed by atoms with Crippen molar-refractivity contribution in [3.63, 3.8) is 0 Å². The van der Waals surface area contributed by atoms with Crippen molar-refractivity contribution >= 4 is 11.8 Å². The molecule has 0 bridgehead atoms. The Hall–Kier alpha value is -3.02. The minimum Gasteiger partial charge on any atom is -0.490 e. The first-order valence-electron chi connectivity index (χ1n) is 13.2. The summed E-state index contributed by atoms with van der Waals surface area (Å²) in [6.45, 7) is 5.55. The molecule has 2 amide bonds. The second-order valence-corrected chi connectivity index (χ2v) is 9.82. The van der Waals surface area contributed by atoms with Gasteiger partial charge in [0.05, 0.1) is 25.2 Å². The standard InChI is InChI=1S/C29H36N2O4/c1-3-34-24-17-19-15-16-31-27(23(19)18-25(24)35-4-2)26(21-13-9-10-14-22(21)29(31)33)28(32)30-20-11-7-5-6-8-12-20/h9-10,13-14,17-18,20,26-27H,3-8,11-12,15-16H2,1-2H3,(H,30,32)/t26-,27-/m1/s1. The zero-order valence-corrected chi connectivity index (χ0v) is 20.8. The van der Waals surface area contributed by atoms with E-state index in [1.54, 1.807) is 0 Å². The molecule has 0 unspecified atom stereocenters. The van der Waals surface area contributed by atoms with Gasteiger partial charge in [-0.15, -0.1) is 0 Å². The van der Waals surface area contributed by atoms with Crippen LogP contribution in [0.2, 0.25) is 0 Å². The fourth-order valence-electron chi connectivity index (χ4n) is 6.07. The summed E-state index contributed by atoms with van der Waals surface area (Å²) in [6.07, 6.45) is 7.55. The number of ether oxygens (including phenoxy) is 2. The molecule has 35 heavy (non-hydrogen) atoms. The van der Waals surface area contributed by atoms with Crippen molar-refractivity contribution in [1.82, 2.24) is 10.2 Å². The van der Waals surface area contributed by atoms with Gasteiger partial charge in [-0.05, 0) is 68.0 Å². The highest BCUT2D eigenvalue weighted by Gasteiger charge is 2.47. The minimum atomic E-state index is -0.460. The summed E-state index contributed by atoms with van der Waals surface area (Å²) < 4.78 is 11.8. The SMILES string of the molecule is CCOc1cc2c(cc1OCC)[C@@H]1[C@H](C(=O)NC3CCCCCC3)c3ccccc3C(=O)N1CC2. The van der Waals surface area contributed by atoms with E-state index >= 15 is 0 Å². The number of rotatable bonds is 6. The molecule has 1 fully saturated rings. The third kappa shape index (κ3) is 4.51. The van der Waals surface area contributed by atoms with Crippen LogP contribution in [0.5, 0.6) is 11.5 Å². The summed E-state index contributed by atoms with van der Waals surface area (Å²) in [7, 11) is 0. The molecule has 1 saturated carbocycles. The number of carbonyl (C=O) groups is 2. The molecular weight excluding hydrogens is 440 g/mol. The van der Waals surface area contributed by atoms with Gasteiger partial charge in [0.2, 0.25) is 5.91 Å². The van der Waals surface area contributed by atoms with E-state index in [0.29, 0.717) is 31.1 Å². The molecule has 1 aliphatic carbocycles. The smallest absolute Gasteiger partial charge is 0.254 e. The van der Waals surface area contributed by atoms with Crippen LogP contribution in [0.1, 0.15) is 91.4 Å². The molecule has 6 heteroatoms. The van der Waals surface area contributed by atoms with Gasteiger partial charge in [0, 0.05) is 18.2 Å². The second kappa shape index (κ2) is 10.3. The van der Waals surface area contributed by atoms with Crippen LogP contribution in [0, 0.1) is 0 Å². The van der Waals surface area contributed by atoms with E-state index in [2.05, 4.69) is 5.32 Å². The number of nitrogens with zero attached hydrogens (tertiary/aromatic N) is 1. The summed E-state index contributed by atoms with van der Waals surface area (Å²) in [6, 6.07) is 11.5. The monoisotopic (exact) mass is 476 g/mol. The maximum atomic E-state index is 14.0. The number of benzene rings is 2. The maximum absolute atomic E-state index is 14.0. The molecule has 6 nitrogen and oxygen atoms in total. The fraction of sp³-hybridized carbons (Fsp3) is 0.517. The highest BCUT2D eigenvalue weighted by atomic mass is 16.5. The molecule has 0 aromatic heterocycles. The van der Waals surface area contributed by atoms with E-state index in [9.17, 15) is 9.59 Å². The number of carbonyl (C=O) groups excluding carboxylic acids is 2. The Morgan fingerprint density at radius 2 is 1.66 bits per heavy atom. The van der Waals surface area contributed by atoms with Crippen molar-refractivity contribution in [2.75, 3.05) is 19.8 Å². The number of fused-ring (bicyclic) bond motifs is 4. The van der Waals surface area contributed by atoms with Gasteiger partial charge >= 0.3 is 0 Å². The van der Waals surface area contributed by atoms with Gasteiger partial charge in [-0.1, -0.05) is 43.9 Å². The van der Waals surface area contributed by atoms with Gasteiger partial charge in [0.15, 0.2) is 11.5 Å². The van der Waals surface area contributed by atoms with Crippen LogP contribution in [0.4, 0.5) is 0 Å². The van der Waals surface area contributed by atoms with Crippen LogP contribution < -0.4 is 14.8 Å². The van der Waals surface area contributed by atoms with Crippen molar-refractivity contribution in [1.29, 1.82) is 0 Å². The lowest BCUT2D eigenvalue weighted by Crippen LogP contribution is -2.51. The molecule has 2 atom stereocenters. The Morgan fingerprint density at radius 3 is 2.37 bits per heavy atom. The third-order valence-corrected chi connectivity index (χ3v) is 7.67. The molecule has 2 aromatic rings. The van der Waals surface area contributed by atoms with Crippen molar-refractivity contribution in [2.45, 2.75) is 76.8 Å². The average molecular weight is 477 g/mol. The van der Waals surface area contributed by atoms with Gasteiger partial charge in [-0.2, -0.15) is 0 Å². The van der Waals surface area contributed by atoms with E-state index in [1.807, 2.05) is 55.1 Å². The summed E-state index contributed by atoms with van der Waals surface area (Å²) in [5, 5.41) is 3.39. The Bertz CT molecular complexity index is 1090. The summed E-state index contributed by atoms with van der Waals surface area (Å²) >= 11 is 0. The predicted molar refractivity (Wildman–Crippen MR) is 135 cm³/mol. The molecule has 2 aromatic carbocycles. The van der Waals surface area contributed by atoms with Crippen LogP contribution >= 0.6 is 0 Å². The minimum absolute atomic E-state index is 0.00149. The van der Waals surface area contributed by atoms with Gasteiger partial charge in [0.1, 0.15) is 0 Å². The molecule has 3 aliphatic rings. The quantitative estimate of drug-likeness (QED) is 0.585. The summed E-state index contributed by atoms with van der Waals surface area (Å²) in [4.78, 5) is 29.5. The maximum Gasteiger partial charge on any atom is 0.254 e. The zero-order valence-electron chi connectivity index (χ0n) is 20.8. The molecular formula is C29H36N2O4. The molecule has 2 aliphatic heterocycles. The molecule has 1 N–H and O–H groups in total. The van der Waals surface area contributed by atoms with Crippen molar-refractivity contribution in [3.05, 3.63) is 58.7 Å². The van der Waals surface area contributed by atoms with E-state index in [0.717, 1.165) is 54.5 Å². The number of nitrogens with one attached hydrogen (secondary N) is 1. The predicted octanol–water partition coefficient (Wildman–Crippen LogP) is 5.16. The van der Waals surface area contributed by atoms with E-state index in [1.165, 1.54) is 12.8 Å². The molecule has 186 valence electrons. The van der Waals surface area contributed by atoms with Crippen LogP contribution in [-0.2, 0) is 11.2 Å². The highest BCUT2D eigenvalue weighted by molar-refractivity contribution is 6.01. The number of hydrogen-bond acceptors (Lipinski definition) is 4. The number of hydrogen-bond donors (Lipinski definition) is 1. The Morgan fingerprint density at radius 1 is 0.971 bits per heavy atom. The molecule has 0 saturated heterocycles. The number of amides is 2. The summed E-state index contributed by atoms with van der Waals surface area (Å²) in [5.74, 6) is 0.958. The molecule has 0 radical (unpaired) electrons. The zero-order chi connectivity index (χ0) is 24.4. The second-order valence-electron chi connectivity index (χ2n) is 9.82. The lowest BCUT2D eigenvalue weighted by molar-refractivity contribution is -0.125. The Kier molecular flexibility index (Phi) is 6.98. The first-order valence-corrected chi connectivity index (χ1v) is 13.2. The van der Waals surface area contributed by atoms with Gasteiger partial charge in [-0.25, -0.2) is 0 Å². The first kappa shape index (κ1) is 23.7. The first-order chi connectivity index (χ1) is 17.1. The highest BCUT2D eigenvalue weighted by Crippen LogP contribution is 2.48. The van der Waals surface area contributed by atoms with Gasteiger partial charge in [0.25, 0.3) is 5.91 Å². The lowest BCUT2D eigenvalue weighted by Gasteiger charge is -2.45. The molecule has 5 rings (SSSR count). The van der Waals surface area contributed by atoms with Gasteiger partial charge < -0.3 is 19.7 Å². The Labute approximate surface area is 208 Å². The third-order valence-electron chi connectivity index (χ3n) is 7.67. The van der Waals surface area contributed by atoms with Gasteiger partial charge in [-0.3, -0.25) is 9.59 Å². The van der Waals surface area contributed by atoms with Crippen LogP contribution in [0.25, 0.3) is 0 Å². The van der Waals surface area contributed by atoms with Crippen LogP contribution in [-0.4, -0.2) is 42.5 Å². The largest absolute Gasteiger partial charge is 0.490 e.